The maximum absolute atomic E-state index is 13.1. The van der Waals surface area contributed by atoms with Crippen LogP contribution in [0.25, 0.3) is 0 Å². The van der Waals surface area contributed by atoms with Gasteiger partial charge in [-0.05, 0) is 24.1 Å². The molecule has 8 heteroatoms. The normalized spacial score (nSPS) is 12.1. The van der Waals surface area contributed by atoms with Gasteiger partial charge in [-0.3, -0.25) is 4.79 Å². The summed E-state index contributed by atoms with van der Waals surface area (Å²) in [6.45, 7) is 2.67. The van der Waals surface area contributed by atoms with Gasteiger partial charge < -0.3 is 5.11 Å². The Bertz CT molecular complexity index is 601. The van der Waals surface area contributed by atoms with Crippen molar-refractivity contribution < 1.29 is 27.1 Å². The molecule has 0 spiro atoms. The first kappa shape index (κ1) is 16.5. The summed E-state index contributed by atoms with van der Waals surface area (Å²) in [5, 5.41) is 8.77. The fourth-order valence-electron chi connectivity index (χ4n) is 1.59. The second-order valence-corrected chi connectivity index (χ2v) is 6.60. The zero-order valence-corrected chi connectivity index (χ0v) is 11.8. The van der Waals surface area contributed by atoms with E-state index in [2.05, 4.69) is 0 Å². The van der Waals surface area contributed by atoms with Gasteiger partial charge in [0.25, 0.3) is 0 Å². The van der Waals surface area contributed by atoms with Crippen molar-refractivity contribution in [3.63, 3.8) is 0 Å². The van der Waals surface area contributed by atoms with Gasteiger partial charge in [0, 0.05) is 6.54 Å². The van der Waals surface area contributed by atoms with E-state index in [1.165, 1.54) is 0 Å². The number of hydrogen-bond acceptors (Lipinski definition) is 3. The minimum absolute atomic E-state index is 0.0341. The summed E-state index contributed by atoms with van der Waals surface area (Å²) in [6, 6.07) is 2.14. The quantitative estimate of drug-likeness (QED) is 0.868. The number of benzene rings is 1. The lowest BCUT2D eigenvalue weighted by Crippen LogP contribution is -2.38. The van der Waals surface area contributed by atoms with E-state index in [1.54, 1.807) is 13.8 Å². The molecule has 20 heavy (non-hydrogen) atoms. The van der Waals surface area contributed by atoms with E-state index < -0.39 is 39.1 Å². The molecule has 0 bridgehead atoms. The largest absolute Gasteiger partial charge is 0.480 e. The fourth-order valence-corrected chi connectivity index (χ4v) is 3.16. The number of halogens is 2. The number of nitrogens with zero attached hydrogens (tertiary/aromatic N) is 1. The van der Waals surface area contributed by atoms with Crippen LogP contribution in [0, 0.1) is 17.6 Å². The zero-order valence-electron chi connectivity index (χ0n) is 11.0. The molecule has 1 rings (SSSR count). The van der Waals surface area contributed by atoms with Crippen LogP contribution in [0.5, 0.6) is 0 Å². The highest BCUT2D eigenvalue weighted by Gasteiger charge is 2.28. The Morgan fingerprint density at radius 1 is 1.30 bits per heavy atom. The van der Waals surface area contributed by atoms with Crippen LogP contribution in [0.4, 0.5) is 8.78 Å². The standard InChI is InChI=1S/C12H15F2NO4S/c1-8(2)6-15(7-12(16)17)20(18,19)9-3-4-10(13)11(14)5-9/h3-5,8H,6-7H2,1-2H3,(H,16,17). The Morgan fingerprint density at radius 3 is 2.35 bits per heavy atom. The maximum atomic E-state index is 13.1. The number of rotatable bonds is 6. The van der Waals surface area contributed by atoms with Gasteiger partial charge in [0.15, 0.2) is 11.6 Å². The average Bonchev–Trinajstić information content (AvgIpc) is 2.30. The minimum Gasteiger partial charge on any atom is -0.480 e. The van der Waals surface area contributed by atoms with Crippen LogP contribution in [-0.2, 0) is 14.8 Å². The molecule has 0 aromatic heterocycles. The highest BCUT2D eigenvalue weighted by Crippen LogP contribution is 2.19. The molecule has 1 N–H and O–H groups in total. The lowest BCUT2D eigenvalue weighted by atomic mass is 10.2. The Kier molecular flexibility index (Phi) is 5.18. The van der Waals surface area contributed by atoms with E-state index in [0.29, 0.717) is 12.1 Å². The smallest absolute Gasteiger partial charge is 0.318 e. The summed E-state index contributed by atoms with van der Waals surface area (Å²) in [4.78, 5) is 10.3. The number of carboxylic acid groups (broad SMARTS) is 1. The van der Waals surface area contributed by atoms with Gasteiger partial charge in [-0.2, -0.15) is 4.31 Å². The van der Waals surface area contributed by atoms with E-state index in [0.717, 1.165) is 10.4 Å². The van der Waals surface area contributed by atoms with Crippen LogP contribution in [0.1, 0.15) is 13.8 Å². The molecule has 0 fully saturated rings. The Hall–Kier alpha value is -1.54. The van der Waals surface area contributed by atoms with Gasteiger partial charge in [-0.15, -0.1) is 0 Å². The number of sulfonamides is 1. The first-order valence-corrected chi connectivity index (χ1v) is 7.25. The van der Waals surface area contributed by atoms with Crippen LogP contribution in [0.15, 0.2) is 23.1 Å². The first-order valence-electron chi connectivity index (χ1n) is 5.81. The van der Waals surface area contributed by atoms with E-state index >= 15 is 0 Å². The molecule has 0 aliphatic rings. The summed E-state index contributed by atoms with van der Waals surface area (Å²) in [6.07, 6.45) is 0. The number of carboxylic acids is 1. The van der Waals surface area contributed by atoms with Crippen molar-refractivity contribution in [1.29, 1.82) is 0 Å². The lowest BCUT2D eigenvalue weighted by Gasteiger charge is -2.22. The molecule has 0 unspecified atom stereocenters. The second-order valence-electron chi connectivity index (χ2n) is 4.66. The van der Waals surface area contributed by atoms with Crippen molar-refractivity contribution in [2.75, 3.05) is 13.1 Å². The Morgan fingerprint density at radius 2 is 1.90 bits per heavy atom. The summed E-state index contributed by atoms with van der Waals surface area (Å²) in [5.74, 6) is -3.91. The predicted octanol–water partition coefficient (Wildman–Crippen LogP) is 1.70. The van der Waals surface area contributed by atoms with E-state index in [-0.39, 0.29) is 12.5 Å². The van der Waals surface area contributed by atoms with Gasteiger partial charge in [0.05, 0.1) is 4.90 Å². The van der Waals surface area contributed by atoms with Crippen molar-refractivity contribution >= 4 is 16.0 Å². The Balaban J connectivity index is 3.20. The van der Waals surface area contributed by atoms with Crippen molar-refractivity contribution in [1.82, 2.24) is 4.31 Å². The third-order valence-corrected chi connectivity index (χ3v) is 4.22. The van der Waals surface area contributed by atoms with Gasteiger partial charge in [-0.1, -0.05) is 13.8 Å². The van der Waals surface area contributed by atoms with E-state index in [9.17, 15) is 22.0 Å². The number of carbonyl (C=O) groups is 1. The summed E-state index contributed by atoms with van der Waals surface area (Å²) in [5.41, 5.74) is 0. The number of hydrogen-bond donors (Lipinski definition) is 1. The van der Waals surface area contributed by atoms with Crippen molar-refractivity contribution in [2.45, 2.75) is 18.7 Å². The molecule has 0 saturated heterocycles. The van der Waals surface area contributed by atoms with Crippen LogP contribution in [-0.4, -0.2) is 36.9 Å². The second kappa shape index (κ2) is 6.27. The molecule has 0 saturated carbocycles. The SMILES string of the molecule is CC(C)CN(CC(=O)O)S(=O)(=O)c1ccc(F)c(F)c1. The lowest BCUT2D eigenvalue weighted by molar-refractivity contribution is -0.137. The van der Waals surface area contributed by atoms with Crippen molar-refractivity contribution in [3.8, 4) is 0 Å². The van der Waals surface area contributed by atoms with Gasteiger partial charge in [0.2, 0.25) is 10.0 Å². The van der Waals surface area contributed by atoms with Crippen molar-refractivity contribution in [3.05, 3.63) is 29.8 Å². The van der Waals surface area contributed by atoms with Crippen LogP contribution >= 0.6 is 0 Å². The third-order valence-electron chi connectivity index (χ3n) is 2.41. The molecule has 0 aliphatic carbocycles. The average molecular weight is 307 g/mol. The third kappa shape index (κ3) is 3.97. The predicted molar refractivity (Wildman–Crippen MR) is 67.6 cm³/mol. The molecule has 0 amide bonds. The minimum atomic E-state index is -4.18. The Labute approximate surface area is 115 Å². The van der Waals surface area contributed by atoms with Gasteiger partial charge in [-0.25, -0.2) is 17.2 Å². The summed E-state index contributed by atoms with van der Waals surface area (Å²) < 4.78 is 51.2. The highest BCUT2D eigenvalue weighted by molar-refractivity contribution is 7.89. The number of aliphatic carboxylic acids is 1. The van der Waals surface area contributed by atoms with Crippen LogP contribution in [0.3, 0.4) is 0 Å². The highest BCUT2D eigenvalue weighted by atomic mass is 32.2. The molecule has 1 aromatic carbocycles. The zero-order chi connectivity index (χ0) is 15.5. The first-order chi connectivity index (χ1) is 9.14. The van der Waals surface area contributed by atoms with Crippen LogP contribution in [0.2, 0.25) is 0 Å². The topological polar surface area (TPSA) is 74.7 Å². The monoisotopic (exact) mass is 307 g/mol. The molecule has 5 nitrogen and oxygen atoms in total. The van der Waals surface area contributed by atoms with E-state index in [1.807, 2.05) is 0 Å². The maximum Gasteiger partial charge on any atom is 0.318 e. The van der Waals surface area contributed by atoms with Crippen molar-refractivity contribution in [2.24, 2.45) is 5.92 Å². The summed E-state index contributed by atoms with van der Waals surface area (Å²) >= 11 is 0. The molecular weight excluding hydrogens is 292 g/mol. The van der Waals surface area contributed by atoms with Gasteiger partial charge in [0.1, 0.15) is 6.54 Å². The van der Waals surface area contributed by atoms with E-state index in [4.69, 9.17) is 5.11 Å². The molecule has 0 heterocycles. The molecule has 0 radical (unpaired) electrons. The van der Waals surface area contributed by atoms with Gasteiger partial charge >= 0.3 is 5.97 Å². The molecule has 0 aliphatic heterocycles. The summed E-state index contributed by atoms with van der Waals surface area (Å²) in [7, 11) is -4.18. The fraction of sp³-hybridized carbons (Fsp3) is 0.417. The van der Waals surface area contributed by atoms with Crippen LogP contribution < -0.4 is 0 Å². The molecular formula is C12H15F2NO4S. The molecule has 1 aromatic rings. The molecule has 0 atom stereocenters. The molecule has 112 valence electrons.